The smallest absolute Gasteiger partial charge is 0.256 e. The largest absolute Gasteiger partial charge is 0.472 e. The van der Waals surface area contributed by atoms with Crippen LogP contribution in [0.4, 0.5) is 0 Å². The second-order valence-corrected chi connectivity index (χ2v) is 7.96. The van der Waals surface area contributed by atoms with Crippen LogP contribution < -0.4 is 4.74 Å². The Morgan fingerprint density at radius 1 is 1.23 bits per heavy atom. The Kier molecular flexibility index (Phi) is 5.87. The first-order chi connectivity index (χ1) is 15.0. The van der Waals surface area contributed by atoms with Crippen molar-refractivity contribution in [2.24, 2.45) is 0 Å². The minimum absolute atomic E-state index is 0.0300. The van der Waals surface area contributed by atoms with Gasteiger partial charge in [-0.15, -0.1) is 0 Å². The summed E-state index contributed by atoms with van der Waals surface area (Å²) < 4.78 is 6.07. The third-order valence-corrected chi connectivity index (χ3v) is 5.67. The molecular formula is C22H21ClN6O2. The van der Waals surface area contributed by atoms with Gasteiger partial charge in [0.2, 0.25) is 5.88 Å². The minimum Gasteiger partial charge on any atom is -0.472 e. The van der Waals surface area contributed by atoms with Crippen LogP contribution in [0.1, 0.15) is 41.3 Å². The number of amides is 1. The van der Waals surface area contributed by atoms with Gasteiger partial charge in [0.25, 0.3) is 5.91 Å². The van der Waals surface area contributed by atoms with Crippen LogP contribution in [0.5, 0.6) is 5.88 Å². The Hall–Kier alpha value is -3.44. The molecule has 0 radical (unpaired) electrons. The molecule has 4 rings (SSSR count). The van der Waals surface area contributed by atoms with Gasteiger partial charge in [0.15, 0.2) is 0 Å². The summed E-state index contributed by atoms with van der Waals surface area (Å²) in [7, 11) is 0. The monoisotopic (exact) mass is 436 g/mol. The molecule has 8 nitrogen and oxygen atoms in total. The SMILES string of the molecule is Cc1ccnc(OC2CCC(C)N(C(=O)c3ccc(Cl)cc3-n3nccn3)C2)c1C#N. The van der Waals surface area contributed by atoms with E-state index in [9.17, 15) is 10.1 Å². The third-order valence-electron chi connectivity index (χ3n) is 5.44. The number of likely N-dealkylation sites (tertiary alicyclic amines) is 1. The maximum atomic E-state index is 13.5. The first-order valence-corrected chi connectivity index (χ1v) is 10.3. The number of piperidine rings is 1. The molecule has 0 saturated carbocycles. The summed E-state index contributed by atoms with van der Waals surface area (Å²) in [6.07, 6.45) is 5.98. The van der Waals surface area contributed by atoms with Crippen molar-refractivity contribution in [2.45, 2.75) is 38.8 Å². The van der Waals surface area contributed by atoms with E-state index in [1.165, 1.54) is 4.80 Å². The number of ether oxygens (including phenoxy) is 1. The molecule has 9 heteroatoms. The van der Waals surface area contributed by atoms with Crippen molar-refractivity contribution in [3.8, 4) is 17.6 Å². The van der Waals surface area contributed by atoms with E-state index in [0.29, 0.717) is 34.3 Å². The first-order valence-electron chi connectivity index (χ1n) is 9.97. The van der Waals surface area contributed by atoms with Crippen molar-refractivity contribution in [1.82, 2.24) is 24.9 Å². The van der Waals surface area contributed by atoms with Crippen LogP contribution in [-0.4, -0.2) is 49.5 Å². The number of aromatic nitrogens is 4. The van der Waals surface area contributed by atoms with Gasteiger partial charge in [-0.25, -0.2) is 4.98 Å². The van der Waals surface area contributed by atoms with Gasteiger partial charge in [0.1, 0.15) is 17.7 Å². The molecule has 0 spiro atoms. The second kappa shape index (κ2) is 8.74. The molecule has 3 heterocycles. The zero-order valence-electron chi connectivity index (χ0n) is 17.2. The fraction of sp³-hybridized carbons (Fsp3) is 0.318. The Labute approximate surface area is 185 Å². The summed E-state index contributed by atoms with van der Waals surface area (Å²) >= 11 is 6.16. The lowest BCUT2D eigenvalue weighted by Crippen LogP contribution is -2.49. The van der Waals surface area contributed by atoms with Crippen LogP contribution in [0.2, 0.25) is 5.02 Å². The van der Waals surface area contributed by atoms with E-state index in [1.807, 2.05) is 13.8 Å². The Morgan fingerprint density at radius 2 is 2.00 bits per heavy atom. The highest BCUT2D eigenvalue weighted by Gasteiger charge is 2.32. The highest BCUT2D eigenvalue weighted by atomic mass is 35.5. The lowest BCUT2D eigenvalue weighted by Gasteiger charge is -2.38. The van der Waals surface area contributed by atoms with E-state index in [0.717, 1.165) is 18.4 Å². The fourth-order valence-corrected chi connectivity index (χ4v) is 3.88. The summed E-state index contributed by atoms with van der Waals surface area (Å²) in [5.74, 6) is 0.157. The van der Waals surface area contributed by atoms with Gasteiger partial charge in [-0.2, -0.15) is 20.3 Å². The Bertz CT molecular complexity index is 1140. The molecule has 1 amide bonds. The summed E-state index contributed by atoms with van der Waals surface area (Å²) in [6, 6.07) is 9.00. The molecule has 2 unspecified atom stereocenters. The van der Waals surface area contributed by atoms with E-state index >= 15 is 0 Å². The molecule has 0 aliphatic carbocycles. The van der Waals surface area contributed by atoms with Gasteiger partial charge in [-0.3, -0.25) is 4.79 Å². The Morgan fingerprint density at radius 3 is 2.74 bits per heavy atom. The number of nitriles is 1. The number of aryl methyl sites for hydroxylation is 1. The van der Waals surface area contributed by atoms with Crippen LogP contribution in [0.15, 0.2) is 42.9 Å². The van der Waals surface area contributed by atoms with Gasteiger partial charge >= 0.3 is 0 Å². The molecule has 1 aromatic carbocycles. The topological polar surface area (TPSA) is 96.9 Å². The highest BCUT2D eigenvalue weighted by Crippen LogP contribution is 2.27. The van der Waals surface area contributed by atoms with Gasteiger partial charge in [0.05, 0.1) is 30.2 Å². The highest BCUT2D eigenvalue weighted by molar-refractivity contribution is 6.31. The van der Waals surface area contributed by atoms with E-state index in [4.69, 9.17) is 16.3 Å². The number of carbonyl (C=O) groups is 1. The lowest BCUT2D eigenvalue weighted by molar-refractivity contribution is 0.0371. The van der Waals surface area contributed by atoms with E-state index in [2.05, 4.69) is 21.3 Å². The molecule has 31 heavy (non-hydrogen) atoms. The first kappa shape index (κ1) is 20.8. The van der Waals surface area contributed by atoms with Crippen molar-refractivity contribution in [3.05, 3.63) is 64.6 Å². The van der Waals surface area contributed by atoms with Crippen LogP contribution in [0.3, 0.4) is 0 Å². The van der Waals surface area contributed by atoms with Gasteiger partial charge in [-0.05, 0) is 56.5 Å². The average molecular weight is 437 g/mol. The molecule has 2 atom stereocenters. The summed E-state index contributed by atoms with van der Waals surface area (Å²) in [6.45, 7) is 4.24. The average Bonchev–Trinajstić information content (AvgIpc) is 3.30. The fourth-order valence-electron chi connectivity index (χ4n) is 3.72. The van der Waals surface area contributed by atoms with Crippen LogP contribution in [-0.2, 0) is 0 Å². The van der Waals surface area contributed by atoms with Crippen molar-refractivity contribution in [1.29, 1.82) is 5.26 Å². The predicted octanol–water partition coefficient (Wildman–Crippen LogP) is 3.57. The molecule has 1 fully saturated rings. The van der Waals surface area contributed by atoms with Crippen molar-refractivity contribution < 1.29 is 9.53 Å². The number of carbonyl (C=O) groups excluding carboxylic acids is 1. The maximum absolute atomic E-state index is 13.5. The molecule has 3 aromatic rings. The number of rotatable bonds is 4. The maximum Gasteiger partial charge on any atom is 0.256 e. The van der Waals surface area contributed by atoms with E-state index in [1.54, 1.807) is 47.8 Å². The molecule has 1 aliphatic rings. The molecule has 1 saturated heterocycles. The zero-order valence-corrected chi connectivity index (χ0v) is 18.0. The quantitative estimate of drug-likeness (QED) is 0.620. The molecule has 0 bridgehead atoms. The number of halogens is 1. The van der Waals surface area contributed by atoms with Gasteiger partial charge in [0, 0.05) is 17.3 Å². The zero-order chi connectivity index (χ0) is 22.0. The molecule has 0 N–H and O–H groups in total. The second-order valence-electron chi connectivity index (χ2n) is 7.52. The van der Waals surface area contributed by atoms with Gasteiger partial charge < -0.3 is 9.64 Å². The minimum atomic E-state index is -0.264. The summed E-state index contributed by atoms with van der Waals surface area (Å²) in [5.41, 5.74) is 2.20. The molecule has 158 valence electrons. The van der Waals surface area contributed by atoms with Crippen LogP contribution in [0, 0.1) is 18.3 Å². The van der Waals surface area contributed by atoms with Crippen molar-refractivity contribution in [2.75, 3.05) is 6.54 Å². The van der Waals surface area contributed by atoms with Crippen LogP contribution in [0.25, 0.3) is 5.69 Å². The van der Waals surface area contributed by atoms with E-state index in [-0.39, 0.29) is 18.1 Å². The molecule has 1 aliphatic heterocycles. The Balaban J connectivity index is 1.60. The predicted molar refractivity (Wildman–Crippen MR) is 114 cm³/mol. The van der Waals surface area contributed by atoms with Crippen molar-refractivity contribution >= 4 is 17.5 Å². The van der Waals surface area contributed by atoms with Crippen molar-refractivity contribution in [3.63, 3.8) is 0 Å². The number of pyridine rings is 1. The number of benzene rings is 1. The number of nitrogens with zero attached hydrogens (tertiary/aromatic N) is 6. The standard InChI is InChI=1S/C22H21ClN6O2/c1-14-7-8-25-21(19(14)12-24)31-17-5-3-15(2)28(13-17)22(30)18-6-4-16(23)11-20(18)29-26-9-10-27-29/h4,6-11,15,17H,3,5,13H2,1-2H3. The van der Waals surface area contributed by atoms with Gasteiger partial charge in [-0.1, -0.05) is 11.6 Å². The van der Waals surface area contributed by atoms with E-state index < -0.39 is 0 Å². The normalized spacial score (nSPS) is 18.5. The summed E-state index contributed by atoms with van der Waals surface area (Å²) in [4.78, 5) is 20.9. The number of hydrogen-bond acceptors (Lipinski definition) is 6. The number of hydrogen-bond donors (Lipinski definition) is 0. The molecular weight excluding hydrogens is 416 g/mol. The summed E-state index contributed by atoms with van der Waals surface area (Å²) in [5, 5.41) is 18.2. The third kappa shape index (κ3) is 4.23. The van der Waals surface area contributed by atoms with Crippen LogP contribution >= 0.6 is 11.6 Å². The molecule has 2 aromatic heterocycles. The lowest BCUT2D eigenvalue weighted by atomic mass is 9.99.